The van der Waals surface area contributed by atoms with E-state index in [2.05, 4.69) is 15.8 Å². The molecule has 0 fully saturated rings. The van der Waals surface area contributed by atoms with Crippen molar-refractivity contribution in [1.82, 2.24) is 5.43 Å². The maximum absolute atomic E-state index is 11.9. The molecule has 2 aromatic carbocycles. The van der Waals surface area contributed by atoms with Gasteiger partial charge in [0, 0.05) is 22.8 Å². The fraction of sp³-hybridized carbons (Fsp3) is 0.0667. The first-order valence-electron chi connectivity index (χ1n) is 6.79. The smallest absolute Gasteiger partial charge is 0.263 e. The summed E-state index contributed by atoms with van der Waals surface area (Å²) in [6.07, 6.45) is 1.11. The number of nitrogens with one attached hydrogen (secondary N) is 2. The molecular formula is C15H12ClN4O4S-. The first kappa shape index (κ1) is 18.4. The van der Waals surface area contributed by atoms with Crippen LogP contribution < -0.4 is 20.6 Å². The third-order valence-electron chi connectivity index (χ3n) is 2.96. The Morgan fingerprint density at radius 3 is 2.84 bits per heavy atom. The molecule has 0 bridgehead atoms. The van der Waals surface area contributed by atoms with Crippen LogP contribution in [0.15, 0.2) is 41.5 Å². The first-order valence-corrected chi connectivity index (χ1v) is 7.58. The molecule has 8 nitrogen and oxygen atoms in total. The molecule has 0 saturated carbocycles. The van der Waals surface area contributed by atoms with Gasteiger partial charge in [-0.15, -0.1) is 0 Å². The number of nitro groups is 1. The van der Waals surface area contributed by atoms with E-state index >= 15 is 0 Å². The van der Waals surface area contributed by atoms with Crippen LogP contribution in [-0.4, -0.2) is 23.4 Å². The minimum atomic E-state index is -0.798. The van der Waals surface area contributed by atoms with Crippen molar-refractivity contribution in [1.29, 1.82) is 0 Å². The van der Waals surface area contributed by atoms with Crippen molar-refractivity contribution in [3.8, 4) is 11.5 Å². The zero-order valence-corrected chi connectivity index (χ0v) is 14.4. The number of anilines is 1. The molecule has 0 aliphatic carbocycles. The highest BCUT2D eigenvalue weighted by atomic mass is 35.5. The lowest BCUT2D eigenvalue weighted by atomic mass is 10.2. The van der Waals surface area contributed by atoms with E-state index in [-0.39, 0.29) is 15.7 Å². The van der Waals surface area contributed by atoms with E-state index in [1.54, 1.807) is 31.4 Å². The summed E-state index contributed by atoms with van der Waals surface area (Å²) in [4.78, 5) is 10.0. The molecule has 25 heavy (non-hydrogen) atoms. The lowest BCUT2D eigenvalue weighted by molar-refractivity contribution is -0.398. The quantitative estimate of drug-likeness (QED) is 0.355. The molecule has 0 aromatic heterocycles. The number of rotatable bonds is 5. The van der Waals surface area contributed by atoms with E-state index in [4.69, 9.17) is 28.6 Å². The average Bonchev–Trinajstić information content (AvgIpc) is 2.57. The molecule has 2 N–H and O–H groups in total. The van der Waals surface area contributed by atoms with Gasteiger partial charge >= 0.3 is 0 Å². The Kier molecular flexibility index (Phi) is 6.09. The number of nitro benzene ring substituents is 1. The van der Waals surface area contributed by atoms with Crippen LogP contribution in [-0.2, 0) is 0 Å². The summed E-state index contributed by atoms with van der Waals surface area (Å²) in [5.41, 5.74) is 2.53. The minimum absolute atomic E-state index is 0.0316. The lowest BCUT2D eigenvalue weighted by Gasteiger charge is -2.11. The van der Waals surface area contributed by atoms with Crippen molar-refractivity contribution in [3.63, 3.8) is 0 Å². The molecule has 0 spiro atoms. The third kappa shape index (κ3) is 5.03. The van der Waals surface area contributed by atoms with E-state index < -0.39 is 16.4 Å². The molecule has 130 valence electrons. The van der Waals surface area contributed by atoms with Crippen LogP contribution in [0.3, 0.4) is 0 Å². The number of thiocarbonyl (C=S) groups is 1. The predicted octanol–water partition coefficient (Wildman–Crippen LogP) is 2.65. The Hall–Kier alpha value is -2.91. The Morgan fingerprint density at radius 2 is 2.16 bits per heavy atom. The Labute approximate surface area is 153 Å². The average molecular weight is 380 g/mol. The highest BCUT2D eigenvalue weighted by Crippen LogP contribution is 2.29. The van der Waals surface area contributed by atoms with Gasteiger partial charge in [0.15, 0.2) is 5.11 Å². The fourth-order valence-electron chi connectivity index (χ4n) is 1.85. The van der Waals surface area contributed by atoms with Crippen LogP contribution in [0.4, 0.5) is 11.4 Å². The van der Waals surface area contributed by atoms with E-state index in [1.165, 1.54) is 6.07 Å². The summed E-state index contributed by atoms with van der Waals surface area (Å²) in [6.45, 7) is 0. The molecule has 0 aliphatic heterocycles. The standard InChI is InChI=1S/C15H13ClN4O4S/c1-24-12-4-2-3-11(7-12)18-15(25)19-17-8-9-5-10(16)6-13(14(9)21)20(22)23/h2-8,21H,1H3,(H2,18,19,25)/p-1/b17-8-. The van der Waals surface area contributed by atoms with Gasteiger partial charge in [-0.3, -0.25) is 15.5 Å². The number of hydrazone groups is 1. The van der Waals surface area contributed by atoms with Crippen molar-refractivity contribution < 1.29 is 14.8 Å². The second-order valence-corrected chi connectivity index (χ2v) is 5.50. The number of nitrogens with zero attached hydrogens (tertiary/aromatic N) is 2. The van der Waals surface area contributed by atoms with Crippen molar-refractivity contribution >= 4 is 46.5 Å². The van der Waals surface area contributed by atoms with Gasteiger partial charge in [-0.1, -0.05) is 17.7 Å². The van der Waals surface area contributed by atoms with Crippen molar-refractivity contribution in [3.05, 3.63) is 57.1 Å². The zero-order chi connectivity index (χ0) is 18.4. The SMILES string of the molecule is COc1cccc(NC(=S)N/N=C\c2cc(Cl)cc([N+](=O)[O-])c2[O-])c1. The Bertz CT molecular complexity index is 844. The van der Waals surface area contributed by atoms with Crippen molar-refractivity contribution in [2.75, 3.05) is 12.4 Å². The molecule has 0 unspecified atom stereocenters. The molecule has 0 aliphatic rings. The van der Waals surface area contributed by atoms with Crippen LogP contribution in [0.1, 0.15) is 5.56 Å². The summed E-state index contributed by atoms with van der Waals surface area (Å²) >= 11 is 10.8. The summed E-state index contributed by atoms with van der Waals surface area (Å²) in [5, 5.41) is 29.6. The molecular weight excluding hydrogens is 368 g/mol. The van der Waals surface area contributed by atoms with Crippen LogP contribution in [0, 0.1) is 10.1 Å². The van der Waals surface area contributed by atoms with Gasteiger partial charge in [-0.25, -0.2) is 0 Å². The molecule has 0 radical (unpaired) electrons. The Morgan fingerprint density at radius 1 is 1.40 bits per heavy atom. The summed E-state index contributed by atoms with van der Waals surface area (Å²) in [7, 11) is 1.55. The normalized spacial score (nSPS) is 10.5. The lowest BCUT2D eigenvalue weighted by Crippen LogP contribution is -2.23. The second-order valence-electron chi connectivity index (χ2n) is 4.66. The maximum Gasteiger partial charge on any atom is 0.263 e. The number of halogens is 1. The predicted molar refractivity (Wildman–Crippen MR) is 97.5 cm³/mol. The molecule has 10 heteroatoms. The summed E-state index contributed by atoms with van der Waals surface area (Å²) < 4.78 is 5.09. The number of methoxy groups -OCH3 is 1. The zero-order valence-electron chi connectivity index (χ0n) is 12.9. The van der Waals surface area contributed by atoms with Crippen LogP contribution in [0.2, 0.25) is 5.02 Å². The third-order valence-corrected chi connectivity index (χ3v) is 3.37. The number of hydrogen-bond donors (Lipinski definition) is 2. The van der Waals surface area contributed by atoms with E-state index in [0.29, 0.717) is 11.4 Å². The van der Waals surface area contributed by atoms with Gasteiger partial charge in [-0.05, 0) is 41.7 Å². The van der Waals surface area contributed by atoms with Gasteiger partial charge in [-0.2, -0.15) is 5.10 Å². The monoisotopic (exact) mass is 379 g/mol. The summed E-state index contributed by atoms with van der Waals surface area (Å²) in [6, 6.07) is 9.33. The molecule has 2 aromatic rings. The molecule has 2 rings (SSSR count). The number of ether oxygens (including phenoxy) is 1. The van der Waals surface area contributed by atoms with Gasteiger partial charge in [0.1, 0.15) is 5.75 Å². The molecule has 0 heterocycles. The topological polar surface area (TPSA) is 112 Å². The van der Waals surface area contributed by atoms with E-state index in [0.717, 1.165) is 12.3 Å². The van der Waals surface area contributed by atoms with Crippen molar-refractivity contribution in [2.24, 2.45) is 5.10 Å². The van der Waals surface area contributed by atoms with Crippen LogP contribution in [0.5, 0.6) is 11.5 Å². The maximum atomic E-state index is 11.9. The van der Waals surface area contributed by atoms with E-state index in [9.17, 15) is 15.2 Å². The largest absolute Gasteiger partial charge is 0.867 e. The van der Waals surface area contributed by atoms with Crippen LogP contribution >= 0.6 is 23.8 Å². The highest BCUT2D eigenvalue weighted by molar-refractivity contribution is 7.80. The molecule has 0 amide bonds. The Balaban J connectivity index is 2.05. The minimum Gasteiger partial charge on any atom is -0.867 e. The number of hydrogen-bond acceptors (Lipinski definition) is 6. The van der Waals surface area contributed by atoms with Gasteiger partial charge < -0.3 is 15.2 Å². The molecule has 0 saturated heterocycles. The van der Waals surface area contributed by atoms with Crippen molar-refractivity contribution in [2.45, 2.75) is 0 Å². The van der Waals surface area contributed by atoms with E-state index in [1.807, 2.05) is 0 Å². The van der Waals surface area contributed by atoms with Gasteiger partial charge in [0.05, 0.1) is 18.2 Å². The fourth-order valence-corrected chi connectivity index (χ4v) is 2.24. The second kappa shape index (κ2) is 8.27. The van der Waals surface area contributed by atoms with Crippen LogP contribution in [0.25, 0.3) is 0 Å². The summed E-state index contributed by atoms with van der Waals surface area (Å²) in [5.74, 6) is -0.134. The first-order chi connectivity index (χ1) is 11.9. The van der Waals surface area contributed by atoms with Gasteiger partial charge in [0.25, 0.3) is 5.69 Å². The molecule has 0 atom stereocenters. The highest BCUT2D eigenvalue weighted by Gasteiger charge is 2.11. The van der Waals surface area contributed by atoms with Gasteiger partial charge in [0.2, 0.25) is 0 Å². The number of benzene rings is 2.